The zero-order chi connectivity index (χ0) is 4.99. The van der Waals surface area contributed by atoms with Crippen molar-refractivity contribution < 1.29 is 4.79 Å². The monoisotopic (exact) mass is 86.0 g/mol. The molecule has 0 saturated heterocycles. The molecule has 3 heteroatoms. The highest BCUT2D eigenvalue weighted by Gasteiger charge is 1.82. The lowest BCUT2D eigenvalue weighted by molar-refractivity contribution is 0.246. The van der Waals surface area contributed by atoms with Crippen molar-refractivity contribution in [1.82, 2.24) is 10.6 Å². The third-order valence-corrected chi connectivity index (χ3v) is 0.358. The molecule has 0 fully saturated rings. The molecule has 6 heavy (non-hydrogen) atoms. The van der Waals surface area contributed by atoms with E-state index in [-0.39, 0.29) is 6.03 Å². The number of carbonyl (C=O) groups is 1. The Morgan fingerprint density at radius 2 is 2.33 bits per heavy atom. The molecular weight excluding hydrogens is 80.0 g/mol. The van der Waals surface area contributed by atoms with E-state index in [1.54, 1.807) is 0 Å². The van der Waals surface area contributed by atoms with E-state index in [4.69, 9.17) is 0 Å². The Morgan fingerprint density at radius 3 is 2.33 bits per heavy atom. The van der Waals surface area contributed by atoms with Crippen LogP contribution in [0.2, 0.25) is 0 Å². The topological polar surface area (TPSA) is 41.1 Å². The zero-order valence-electron chi connectivity index (χ0n) is 3.49. The lowest BCUT2D eigenvalue weighted by Crippen LogP contribution is -2.27. The summed E-state index contributed by atoms with van der Waals surface area (Å²) in [5.41, 5.74) is 0. The number of hydrogen-bond donors (Lipinski definition) is 2. The molecule has 0 aliphatic rings. The summed E-state index contributed by atoms with van der Waals surface area (Å²) in [4.78, 5) is 9.83. The summed E-state index contributed by atoms with van der Waals surface area (Å²) in [6.07, 6.45) is 0. The molecule has 0 atom stereocenters. The van der Waals surface area contributed by atoms with Crippen LogP contribution in [0, 0.1) is 7.05 Å². The smallest absolute Gasteiger partial charge is 0.314 e. The summed E-state index contributed by atoms with van der Waals surface area (Å²) < 4.78 is 0. The van der Waals surface area contributed by atoms with Gasteiger partial charge in [0.05, 0.1) is 7.05 Å². The summed E-state index contributed by atoms with van der Waals surface area (Å²) in [6, 6.07) is -0.380. The number of amides is 2. The van der Waals surface area contributed by atoms with Crippen LogP contribution in [0.25, 0.3) is 0 Å². The van der Waals surface area contributed by atoms with Crippen molar-refractivity contribution in [3.05, 3.63) is 7.05 Å². The van der Waals surface area contributed by atoms with Crippen LogP contribution >= 0.6 is 0 Å². The van der Waals surface area contributed by atoms with Crippen LogP contribution in [0.15, 0.2) is 0 Å². The predicted molar refractivity (Wildman–Crippen MR) is 21.9 cm³/mol. The number of nitrogens with one attached hydrogen (secondary N) is 2. The van der Waals surface area contributed by atoms with Crippen LogP contribution in [0.3, 0.4) is 0 Å². The third-order valence-electron chi connectivity index (χ3n) is 0.358. The fourth-order valence-corrected chi connectivity index (χ4v) is 0.0722. The molecule has 0 heterocycles. The lowest BCUT2D eigenvalue weighted by Gasteiger charge is -1.90. The molecule has 0 aliphatic heterocycles. The van der Waals surface area contributed by atoms with Crippen LogP contribution < -0.4 is 10.6 Å². The van der Waals surface area contributed by atoms with Crippen LogP contribution in [0.4, 0.5) is 4.79 Å². The van der Waals surface area contributed by atoms with E-state index in [0.29, 0.717) is 0 Å². The summed E-state index contributed by atoms with van der Waals surface area (Å²) in [6.45, 7) is 0. The van der Waals surface area contributed by atoms with Crippen molar-refractivity contribution >= 4 is 6.03 Å². The summed E-state index contributed by atoms with van der Waals surface area (Å²) in [5.74, 6) is 0. The summed E-state index contributed by atoms with van der Waals surface area (Å²) >= 11 is 0. The van der Waals surface area contributed by atoms with Gasteiger partial charge >= 0.3 is 6.03 Å². The SMILES string of the molecule is [CH]NC(=O)NC. The molecule has 0 rings (SSSR count). The molecule has 2 N–H and O–H groups in total. The molecule has 0 bridgehead atoms. The molecule has 2 amide bonds. The molecule has 2 radical (unpaired) electrons. The lowest BCUT2D eigenvalue weighted by atomic mass is 11.0. The third kappa shape index (κ3) is 1.58. The first-order chi connectivity index (χ1) is 2.81. The van der Waals surface area contributed by atoms with Crippen molar-refractivity contribution in [2.24, 2.45) is 0 Å². The molecular formula is C3H6N2O. The maximum absolute atomic E-state index is 9.83. The number of urea groups is 1. The van der Waals surface area contributed by atoms with Gasteiger partial charge in [0.25, 0.3) is 0 Å². The highest BCUT2D eigenvalue weighted by atomic mass is 16.2. The second-order valence-corrected chi connectivity index (χ2v) is 0.723. The fraction of sp³-hybridized carbons (Fsp3) is 0.333. The van der Waals surface area contributed by atoms with E-state index in [0.717, 1.165) is 0 Å². The van der Waals surface area contributed by atoms with E-state index in [1.165, 1.54) is 7.05 Å². The van der Waals surface area contributed by atoms with Crippen molar-refractivity contribution in [2.45, 2.75) is 0 Å². The number of rotatable bonds is 0. The minimum Gasteiger partial charge on any atom is -0.341 e. The summed E-state index contributed by atoms with van der Waals surface area (Å²) in [7, 11) is 6.11. The Hall–Kier alpha value is -0.730. The zero-order valence-corrected chi connectivity index (χ0v) is 3.49. The fourth-order valence-electron chi connectivity index (χ4n) is 0.0722. The molecule has 0 aromatic rings. The minimum absolute atomic E-state index is 0.380. The van der Waals surface area contributed by atoms with E-state index >= 15 is 0 Å². The second kappa shape index (κ2) is 2.50. The molecule has 0 unspecified atom stereocenters. The standard InChI is InChI=1S/C3H6N2O/c1-4-3(6)5-2/h1H,2H3,(H2,4,5,6). The van der Waals surface area contributed by atoms with Gasteiger partial charge in [0, 0.05) is 7.05 Å². The van der Waals surface area contributed by atoms with Gasteiger partial charge in [-0.05, 0) is 0 Å². The maximum Gasteiger partial charge on any atom is 0.314 e. The Kier molecular flexibility index (Phi) is 2.20. The van der Waals surface area contributed by atoms with Gasteiger partial charge in [0.2, 0.25) is 0 Å². The van der Waals surface area contributed by atoms with Crippen LogP contribution in [-0.2, 0) is 0 Å². The molecule has 0 aliphatic carbocycles. The van der Waals surface area contributed by atoms with Gasteiger partial charge in [0.1, 0.15) is 0 Å². The Morgan fingerprint density at radius 1 is 1.83 bits per heavy atom. The number of carbonyl (C=O) groups excluding carboxylic acids is 1. The molecule has 34 valence electrons. The average molecular weight is 86.1 g/mol. The van der Waals surface area contributed by atoms with E-state index in [2.05, 4.69) is 12.4 Å². The van der Waals surface area contributed by atoms with Gasteiger partial charge in [-0.15, -0.1) is 0 Å². The second-order valence-electron chi connectivity index (χ2n) is 0.723. The largest absolute Gasteiger partial charge is 0.341 e. The van der Waals surface area contributed by atoms with Gasteiger partial charge < -0.3 is 10.6 Å². The average Bonchev–Trinajstić information content (AvgIpc) is 1.65. The first kappa shape index (κ1) is 5.27. The predicted octanol–water partition coefficient (Wildman–Crippen LogP) is -0.416. The van der Waals surface area contributed by atoms with Crippen LogP contribution in [-0.4, -0.2) is 13.1 Å². The van der Waals surface area contributed by atoms with Crippen molar-refractivity contribution in [3.8, 4) is 0 Å². The van der Waals surface area contributed by atoms with Gasteiger partial charge in [0.15, 0.2) is 0 Å². The Bertz CT molecular complexity index is 46.8. The summed E-state index contributed by atoms with van der Waals surface area (Å²) in [5, 5.41) is 4.10. The Labute approximate surface area is 36.7 Å². The minimum atomic E-state index is -0.380. The van der Waals surface area contributed by atoms with Crippen LogP contribution in [0.1, 0.15) is 0 Å². The van der Waals surface area contributed by atoms with Crippen molar-refractivity contribution in [2.75, 3.05) is 7.05 Å². The van der Waals surface area contributed by atoms with Crippen molar-refractivity contribution in [1.29, 1.82) is 0 Å². The number of hydrogen-bond acceptors (Lipinski definition) is 1. The van der Waals surface area contributed by atoms with Crippen molar-refractivity contribution in [3.63, 3.8) is 0 Å². The first-order valence-electron chi connectivity index (χ1n) is 1.49. The molecule has 0 saturated carbocycles. The molecule has 0 spiro atoms. The van der Waals surface area contributed by atoms with E-state index in [1.807, 2.05) is 5.32 Å². The molecule has 3 nitrogen and oxygen atoms in total. The normalized spacial score (nSPS) is 7.00. The van der Waals surface area contributed by atoms with E-state index < -0.39 is 0 Å². The highest BCUT2D eigenvalue weighted by Crippen LogP contribution is 1.50. The van der Waals surface area contributed by atoms with Crippen LogP contribution in [0.5, 0.6) is 0 Å². The first-order valence-corrected chi connectivity index (χ1v) is 1.49. The van der Waals surface area contributed by atoms with E-state index in [9.17, 15) is 4.79 Å². The molecule has 0 aromatic heterocycles. The quantitative estimate of drug-likeness (QED) is 0.386. The highest BCUT2D eigenvalue weighted by molar-refractivity contribution is 5.73. The Balaban J connectivity index is 2.99. The van der Waals surface area contributed by atoms with Gasteiger partial charge in [-0.3, -0.25) is 0 Å². The van der Waals surface area contributed by atoms with Gasteiger partial charge in [-0.1, -0.05) is 0 Å². The van der Waals surface area contributed by atoms with Gasteiger partial charge in [-0.2, -0.15) is 0 Å². The maximum atomic E-state index is 9.83. The molecule has 0 aromatic carbocycles. The van der Waals surface area contributed by atoms with Gasteiger partial charge in [-0.25, -0.2) is 4.79 Å².